The normalized spacial score (nSPS) is 10.2. The predicted octanol–water partition coefficient (Wildman–Crippen LogP) is 6.84. The molecule has 0 saturated carbocycles. The van der Waals surface area contributed by atoms with Crippen LogP contribution in [0.1, 0.15) is 30.5 Å². The second-order valence-electron chi connectivity index (χ2n) is 7.64. The number of nitrogens with zero attached hydrogens (tertiary/aromatic N) is 1. The predicted molar refractivity (Wildman–Crippen MR) is 131 cm³/mol. The average molecular weight is 459 g/mol. The molecule has 0 atom stereocenters. The topological polar surface area (TPSA) is 57.2 Å². The quantitative estimate of drug-likeness (QED) is 0.435. The van der Waals surface area contributed by atoms with E-state index < -0.39 is 0 Å². The lowest BCUT2D eigenvalue weighted by atomic mass is 9.96. The second kappa shape index (κ2) is 11.0. The van der Waals surface area contributed by atoms with Gasteiger partial charge in [0.1, 0.15) is 17.3 Å². The molecule has 2 N–H and O–H groups in total. The van der Waals surface area contributed by atoms with E-state index in [-0.39, 0.29) is 23.5 Å². The third-order valence-corrected chi connectivity index (χ3v) is 4.77. The molecule has 1 aromatic heterocycles. The number of allylic oxidation sites excluding steroid dienone is 1. The van der Waals surface area contributed by atoms with E-state index in [4.69, 9.17) is 10.5 Å². The van der Waals surface area contributed by atoms with Crippen molar-refractivity contribution >= 4 is 23.9 Å². The number of aromatic nitrogens is 1. The zero-order chi connectivity index (χ0) is 24.0. The lowest BCUT2D eigenvalue weighted by Crippen LogP contribution is -2.20. The van der Waals surface area contributed by atoms with Gasteiger partial charge in [0.25, 0.3) is 5.56 Å². The summed E-state index contributed by atoms with van der Waals surface area (Å²) in [5.41, 5.74) is 11.4. The second-order valence-corrected chi connectivity index (χ2v) is 7.95. The van der Waals surface area contributed by atoms with E-state index in [0.717, 1.165) is 22.3 Å². The number of halogens is 2. The van der Waals surface area contributed by atoms with Gasteiger partial charge in [-0.3, -0.25) is 4.79 Å². The Kier molecular flexibility index (Phi) is 8.66. The molecule has 0 saturated heterocycles. The molecule has 0 aliphatic heterocycles. The monoisotopic (exact) mass is 458 g/mol. The van der Waals surface area contributed by atoms with Gasteiger partial charge in [0.15, 0.2) is 0 Å². The van der Waals surface area contributed by atoms with E-state index in [2.05, 4.69) is 0 Å². The number of nitrogens with two attached hydrogens (primary N) is 1. The van der Waals surface area contributed by atoms with Crippen LogP contribution in [-0.4, -0.2) is 10.8 Å². The van der Waals surface area contributed by atoms with Crippen molar-refractivity contribution < 1.29 is 13.0 Å². The highest BCUT2D eigenvalue weighted by Gasteiger charge is 2.16. The molecule has 2 aromatic carbocycles. The van der Waals surface area contributed by atoms with Crippen LogP contribution in [0.25, 0.3) is 17.2 Å². The summed E-state index contributed by atoms with van der Waals surface area (Å²) in [4.78, 5) is 12.7. The molecule has 0 bridgehead atoms. The molecule has 0 unspecified atom stereocenters. The third kappa shape index (κ3) is 6.01. The molecule has 3 aromatic rings. The number of nitrogen functional groups attached to an aromatic ring is 1. The summed E-state index contributed by atoms with van der Waals surface area (Å²) in [5, 5.41) is 0. The first-order chi connectivity index (χ1) is 15.1. The van der Waals surface area contributed by atoms with Crippen LogP contribution in [0.2, 0.25) is 0 Å². The van der Waals surface area contributed by atoms with Gasteiger partial charge in [0.2, 0.25) is 0 Å². The Labute approximate surface area is 192 Å². The van der Waals surface area contributed by atoms with Crippen LogP contribution in [0.4, 0.5) is 14.0 Å². The fraction of sp³-hybridized carbons (Fsp3) is 0.240. The molecule has 7 heteroatoms. The van der Waals surface area contributed by atoms with Crippen molar-refractivity contribution in [3.63, 3.8) is 0 Å². The van der Waals surface area contributed by atoms with Crippen LogP contribution in [-0.2, 0) is 7.05 Å². The molecule has 32 heavy (non-hydrogen) atoms. The van der Waals surface area contributed by atoms with Crippen molar-refractivity contribution in [2.75, 3.05) is 12.0 Å². The van der Waals surface area contributed by atoms with E-state index in [1.165, 1.54) is 18.4 Å². The Bertz CT molecular complexity index is 1200. The van der Waals surface area contributed by atoms with Gasteiger partial charge in [-0.25, -0.2) is 4.39 Å². The standard InChI is InChI=1S/C24H25FN2O2.CH3FS/c1-14(2)10-19-16(4)21(13-27(5)24(19)28)20-12-18(26)7-9-23(20)29-22-8-6-17(25)11-15(22)3;1-3-2/h6-13H,26H2,1-5H3;1H3. The molecular formula is C25H28F2N2O2S. The van der Waals surface area contributed by atoms with Crippen molar-refractivity contribution in [2.24, 2.45) is 7.05 Å². The lowest BCUT2D eigenvalue weighted by Gasteiger charge is -2.17. The molecular weight excluding hydrogens is 430 g/mol. The molecule has 0 fully saturated rings. The number of rotatable bonds is 4. The Morgan fingerprint density at radius 2 is 1.72 bits per heavy atom. The van der Waals surface area contributed by atoms with Crippen LogP contribution in [0.3, 0.4) is 0 Å². The maximum atomic E-state index is 13.5. The smallest absolute Gasteiger partial charge is 0.257 e. The van der Waals surface area contributed by atoms with E-state index in [9.17, 15) is 13.1 Å². The van der Waals surface area contributed by atoms with Gasteiger partial charge in [-0.1, -0.05) is 11.6 Å². The Morgan fingerprint density at radius 3 is 2.31 bits per heavy atom. The van der Waals surface area contributed by atoms with E-state index in [1.54, 1.807) is 42.9 Å². The average Bonchev–Trinajstić information content (AvgIpc) is 2.72. The first-order valence-corrected chi connectivity index (χ1v) is 11.0. The maximum absolute atomic E-state index is 13.5. The number of hydrogen-bond acceptors (Lipinski definition) is 4. The zero-order valence-corrected chi connectivity index (χ0v) is 19.9. The van der Waals surface area contributed by atoms with Crippen molar-refractivity contribution in [2.45, 2.75) is 27.7 Å². The summed E-state index contributed by atoms with van der Waals surface area (Å²) in [6.07, 6.45) is 5.05. The van der Waals surface area contributed by atoms with Gasteiger partial charge in [-0.15, -0.1) is 0 Å². The highest BCUT2D eigenvalue weighted by Crippen LogP contribution is 2.38. The van der Waals surface area contributed by atoms with Crippen LogP contribution in [0.15, 0.2) is 53.0 Å². The number of anilines is 1. The van der Waals surface area contributed by atoms with Gasteiger partial charge >= 0.3 is 0 Å². The van der Waals surface area contributed by atoms with Crippen molar-refractivity contribution in [1.82, 2.24) is 4.57 Å². The van der Waals surface area contributed by atoms with Gasteiger partial charge in [-0.05, 0) is 75.2 Å². The van der Waals surface area contributed by atoms with Gasteiger partial charge < -0.3 is 15.0 Å². The summed E-state index contributed by atoms with van der Waals surface area (Å²) in [5.74, 6) is 0.830. The molecule has 0 spiro atoms. The fourth-order valence-corrected chi connectivity index (χ4v) is 3.27. The van der Waals surface area contributed by atoms with E-state index >= 15 is 0 Å². The van der Waals surface area contributed by atoms with Crippen molar-refractivity contribution in [3.05, 3.63) is 81.0 Å². The maximum Gasteiger partial charge on any atom is 0.257 e. The number of benzene rings is 2. The summed E-state index contributed by atoms with van der Waals surface area (Å²) in [6.45, 7) is 7.62. The van der Waals surface area contributed by atoms with E-state index in [0.29, 0.717) is 28.3 Å². The largest absolute Gasteiger partial charge is 0.456 e. The summed E-state index contributed by atoms with van der Waals surface area (Å²) in [7, 11) is 1.73. The molecule has 1 heterocycles. The Morgan fingerprint density at radius 1 is 1.09 bits per heavy atom. The minimum Gasteiger partial charge on any atom is -0.456 e. The molecule has 170 valence electrons. The zero-order valence-electron chi connectivity index (χ0n) is 19.1. The molecule has 3 rings (SSSR count). The van der Waals surface area contributed by atoms with Gasteiger partial charge in [-0.2, -0.15) is 3.89 Å². The van der Waals surface area contributed by atoms with Gasteiger partial charge in [0, 0.05) is 54.0 Å². The lowest BCUT2D eigenvalue weighted by molar-refractivity contribution is 0.478. The Hall–Kier alpha value is -3.06. The number of aryl methyl sites for hydroxylation is 2. The minimum atomic E-state index is -0.312. The van der Waals surface area contributed by atoms with Crippen LogP contribution < -0.4 is 16.0 Å². The SMILES string of the molecule is CC(C)=Cc1c(C)c(-c2cc(N)ccc2Oc2ccc(F)cc2C)cn(C)c1=O.CSF. The third-order valence-electron chi connectivity index (χ3n) is 4.77. The van der Waals surface area contributed by atoms with E-state index in [1.807, 2.05) is 32.9 Å². The van der Waals surface area contributed by atoms with Crippen LogP contribution in [0, 0.1) is 19.7 Å². The molecule has 0 amide bonds. The number of ether oxygens (including phenoxy) is 1. The number of pyridine rings is 1. The molecule has 0 aliphatic rings. The number of hydrogen-bond donors (Lipinski definition) is 1. The highest BCUT2D eigenvalue weighted by molar-refractivity contribution is 7.93. The molecule has 0 radical (unpaired) electrons. The highest BCUT2D eigenvalue weighted by atomic mass is 32.2. The Balaban J connectivity index is 0.00000114. The van der Waals surface area contributed by atoms with Crippen LogP contribution >= 0.6 is 12.1 Å². The molecule has 0 aliphatic carbocycles. The summed E-state index contributed by atoms with van der Waals surface area (Å²) in [6, 6.07) is 9.77. The van der Waals surface area contributed by atoms with Crippen LogP contribution in [0.5, 0.6) is 11.5 Å². The first kappa shape index (κ1) is 25.2. The van der Waals surface area contributed by atoms with Crippen molar-refractivity contribution in [3.8, 4) is 22.6 Å². The van der Waals surface area contributed by atoms with Crippen molar-refractivity contribution in [1.29, 1.82) is 0 Å². The summed E-state index contributed by atoms with van der Waals surface area (Å²) < 4.78 is 31.4. The summed E-state index contributed by atoms with van der Waals surface area (Å²) >= 11 is 0.250. The minimum absolute atomic E-state index is 0.0619. The fourth-order valence-electron chi connectivity index (χ4n) is 3.27. The molecule has 4 nitrogen and oxygen atoms in total. The van der Waals surface area contributed by atoms with Gasteiger partial charge in [0.05, 0.1) is 0 Å². The first-order valence-electron chi connectivity index (χ1n) is 9.92.